The zero-order valence-electron chi connectivity index (χ0n) is 15.0. The maximum absolute atomic E-state index is 12.3. The van der Waals surface area contributed by atoms with Crippen molar-refractivity contribution in [1.29, 1.82) is 0 Å². The SMILES string of the molecule is CN(C)Cc1ccccc1CNC(=O)CN(C)C(=O)c1ccccc1. The highest BCUT2D eigenvalue weighted by molar-refractivity contribution is 5.96. The molecule has 5 heteroatoms. The van der Waals surface area contributed by atoms with Gasteiger partial charge >= 0.3 is 0 Å². The molecule has 2 amide bonds. The molecule has 0 fully saturated rings. The van der Waals surface area contributed by atoms with Gasteiger partial charge in [0.25, 0.3) is 5.91 Å². The molecule has 1 N–H and O–H groups in total. The highest BCUT2D eigenvalue weighted by Crippen LogP contribution is 2.10. The number of hydrogen-bond donors (Lipinski definition) is 1. The first-order valence-electron chi connectivity index (χ1n) is 8.26. The smallest absolute Gasteiger partial charge is 0.254 e. The minimum atomic E-state index is -0.175. The Morgan fingerprint density at radius 3 is 2.12 bits per heavy atom. The number of carbonyl (C=O) groups is 2. The molecule has 25 heavy (non-hydrogen) atoms. The molecule has 0 atom stereocenters. The average Bonchev–Trinajstić information content (AvgIpc) is 2.60. The zero-order valence-corrected chi connectivity index (χ0v) is 15.0. The summed E-state index contributed by atoms with van der Waals surface area (Å²) in [5.41, 5.74) is 2.84. The highest BCUT2D eigenvalue weighted by Gasteiger charge is 2.14. The first-order chi connectivity index (χ1) is 12.0. The fraction of sp³-hybridized carbons (Fsp3) is 0.300. The molecular weight excluding hydrogens is 314 g/mol. The minimum absolute atomic E-state index is 0.0313. The molecular formula is C20H25N3O2. The summed E-state index contributed by atoms with van der Waals surface area (Å²) in [4.78, 5) is 28.0. The van der Waals surface area contributed by atoms with Crippen LogP contribution in [0.25, 0.3) is 0 Å². The predicted molar refractivity (Wildman–Crippen MR) is 99.1 cm³/mol. The Kier molecular flexibility index (Phi) is 6.71. The van der Waals surface area contributed by atoms with Gasteiger partial charge in [-0.3, -0.25) is 9.59 Å². The predicted octanol–water partition coefficient (Wildman–Crippen LogP) is 2.14. The topological polar surface area (TPSA) is 52.7 Å². The summed E-state index contributed by atoms with van der Waals surface area (Å²) in [6, 6.07) is 17.0. The summed E-state index contributed by atoms with van der Waals surface area (Å²) >= 11 is 0. The lowest BCUT2D eigenvalue weighted by molar-refractivity contribution is -0.121. The van der Waals surface area contributed by atoms with Crippen LogP contribution in [0.1, 0.15) is 21.5 Å². The van der Waals surface area contributed by atoms with Crippen molar-refractivity contribution >= 4 is 11.8 Å². The summed E-state index contributed by atoms with van der Waals surface area (Å²) in [5.74, 6) is -0.338. The minimum Gasteiger partial charge on any atom is -0.350 e. The largest absolute Gasteiger partial charge is 0.350 e. The van der Waals surface area contributed by atoms with Gasteiger partial charge in [-0.15, -0.1) is 0 Å². The van der Waals surface area contributed by atoms with E-state index in [1.165, 1.54) is 10.5 Å². The van der Waals surface area contributed by atoms with Gasteiger partial charge < -0.3 is 15.1 Å². The van der Waals surface area contributed by atoms with Gasteiger partial charge in [0, 0.05) is 25.7 Å². The molecule has 5 nitrogen and oxygen atoms in total. The van der Waals surface area contributed by atoms with Crippen molar-refractivity contribution in [3.8, 4) is 0 Å². The number of amides is 2. The molecule has 0 spiro atoms. The molecule has 0 aliphatic carbocycles. The second-order valence-electron chi connectivity index (χ2n) is 6.31. The van der Waals surface area contributed by atoms with Crippen molar-refractivity contribution in [1.82, 2.24) is 15.1 Å². The van der Waals surface area contributed by atoms with Crippen LogP contribution in [0, 0.1) is 0 Å². The van der Waals surface area contributed by atoms with Crippen LogP contribution in [0.5, 0.6) is 0 Å². The zero-order chi connectivity index (χ0) is 18.2. The molecule has 0 unspecified atom stereocenters. The molecule has 0 radical (unpaired) electrons. The van der Waals surface area contributed by atoms with E-state index in [1.54, 1.807) is 19.2 Å². The van der Waals surface area contributed by atoms with E-state index < -0.39 is 0 Å². The van der Waals surface area contributed by atoms with Crippen LogP contribution in [0.3, 0.4) is 0 Å². The van der Waals surface area contributed by atoms with Crippen LogP contribution in [-0.2, 0) is 17.9 Å². The fourth-order valence-corrected chi connectivity index (χ4v) is 2.56. The molecule has 0 saturated heterocycles. The van der Waals surface area contributed by atoms with Crippen molar-refractivity contribution in [3.05, 3.63) is 71.3 Å². The lowest BCUT2D eigenvalue weighted by Crippen LogP contribution is -2.38. The van der Waals surface area contributed by atoms with E-state index in [-0.39, 0.29) is 18.4 Å². The molecule has 0 saturated carbocycles. The van der Waals surface area contributed by atoms with E-state index in [0.717, 1.165) is 12.1 Å². The maximum atomic E-state index is 12.3. The molecule has 2 rings (SSSR count). The quantitative estimate of drug-likeness (QED) is 0.841. The molecule has 0 bridgehead atoms. The first kappa shape index (κ1) is 18.7. The van der Waals surface area contributed by atoms with E-state index in [4.69, 9.17) is 0 Å². The summed E-state index contributed by atoms with van der Waals surface area (Å²) in [5, 5.41) is 2.90. The van der Waals surface area contributed by atoms with E-state index in [1.807, 2.05) is 50.5 Å². The van der Waals surface area contributed by atoms with Crippen molar-refractivity contribution in [2.75, 3.05) is 27.7 Å². The van der Waals surface area contributed by atoms with Crippen molar-refractivity contribution in [2.45, 2.75) is 13.1 Å². The molecule has 0 heterocycles. The summed E-state index contributed by atoms with van der Waals surface area (Å²) < 4.78 is 0. The Bertz CT molecular complexity index is 714. The average molecular weight is 339 g/mol. The van der Waals surface area contributed by atoms with Gasteiger partial charge in [-0.1, -0.05) is 42.5 Å². The van der Waals surface area contributed by atoms with Gasteiger partial charge in [-0.05, 0) is 37.4 Å². The van der Waals surface area contributed by atoms with Crippen molar-refractivity contribution in [2.24, 2.45) is 0 Å². The molecule has 132 valence electrons. The second kappa shape index (κ2) is 8.99. The van der Waals surface area contributed by atoms with Crippen molar-refractivity contribution < 1.29 is 9.59 Å². The number of likely N-dealkylation sites (N-methyl/N-ethyl adjacent to an activating group) is 1. The normalized spacial score (nSPS) is 10.6. The van der Waals surface area contributed by atoms with Gasteiger partial charge in [-0.25, -0.2) is 0 Å². The van der Waals surface area contributed by atoms with Gasteiger partial charge in [0.05, 0.1) is 6.54 Å². The van der Waals surface area contributed by atoms with Gasteiger partial charge in [0.15, 0.2) is 0 Å². The Morgan fingerprint density at radius 1 is 0.880 bits per heavy atom. The van der Waals surface area contributed by atoms with Crippen LogP contribution in [0.15, 0.2) is 54.6 Å². The van der Waals surface area contributed by atoms with Crippen LogP contribution in [-0.4, -0.2) is 49.3 Å². The third-order valence-electron chi connectivity index (χ3n) is 3.83. The number of benzene rings is 2. The third kappa shape index (κ3) is 5.72. The van der Waals surface area contributed by atoms with Gasteiger partial charge in [-0.2, -0.15) is 0 Å². The number of carbonyl (C=O) groups excluding carboxylic acids is 2. The lowest BCUT2D eigenvalue weighted by Gasteiger charge is -2.18. The third-order valence-corrected chi connectivity index (χ3v) is 3.83. The first-order valence-corrected chi connectivity index (χ1v) is 8.26. The van der Waals surface area contributed by atoms with Crippen molar-refractivity contribution in [3.63, 3.8) is 0 Å². The maximum Gasteiger partial charge on any atom is 0.254 e. The van der Waals surface area contributed by atoms with E-state index >= 15 is 0 Å². The van der Waals surface area contributed by atoms with E-state index in [2.05, 4.69) is 16.3 Å². The lowest BCUT2D eigenvalue weighted by atomic mass is 10.1. The van der Waals surface area contributed by atoms with Gasteiger partial charge in [0.1, 0.15) is 0 Å². The standard InChI is InChI=1S/C20H25N3O2/c1-22(2)14-18-12-8-7-11-17(18)13-21-19(24)15-23(3)20(25)16-9-5-4-6-10-16/h4-12H,13-15H2,1-3H3,(H,21,24). The van der Waals surface area contributed by atoms with Crippen LogP contribution in [0.4, 0.5) is 0 Å². The molecule has 2 aromatic carbocycles. The Hall–Kier alpha value is -2.66. The number of rotatable bonds is 7. The fourth-order valence-electron chi connectivity index (χ4n) is 2.56. The molecule has 2 aromatic rings. The van der Waals surface area contributed by atoms with E-state index in [9.17, 15) is 9.59 Å². The summed E-state index contributed by atoms with van der Waals surface area (Å²) in [6.45, 7) is 1.30. The van der Waals surface area contributed by atoms with Crippen LogP contribution >= 0.6 is 0 Å². The van der Waals surface area contributed by atoms with Crippen LogP contribution < -0.4 is 5.32 Å². The monoisotopic (exact) mass is 339 g/mol. The van der Waals surface area contributed by atoms with E-state index in [0.29, 0.717) is 12.1 Å². The van der Waals surface area contributed by atoms with Crippen LogP contribution in [0.2, 0.25) is 0 Å². The Morgan fingerprint density at radius 2 is 1.48 bits per heavy atom. The second-order valence-corrected chi connectivity index (χ2v) is 6.31. The Balaban J connectivity index is 1.90. The molecule has 0 aromatic heterocycles. The molecule has 0 aliphatic rings. The highest BCUT2D eigenvalue weighted by atomic mass is 16.2. The number of nitrogens with one attached hydrogen (secondary N) is 1. The van der Waals surface area contributed by atoms with Gasteiger partial charge in [0.2, 0.25) is 5.91 Å². The molecule has 0 aliphatic heterocycles. The Labute approximate surface area is 149 Å². The number of hydrogen-bond acceptors (Lipinski definition) is 3. The summed E-state index contributed by atoms with van der Waals surface area (Å²) in [7, 11) is 5.66. The summed E-state index contributed by atoms with van der Waals surface area (Å²) in [6.07, 6.45) is 0. The number of nitrogens with zero attached hydrogens (tertiary/aromatic N) is 2.